The maximum atomic E-state index is 5.96. The maximum absolute atomic E-state index is 5.96. The van der Waals surface area contributed by atoms with Gasteiger partial charge in [-0.15, -0.1) is 0 Å². The molecular formula is C16H25N3. The molecule has 0 spiro atoms. The van der Waals surface area contributed by atoms with E-state index in [9.17, 15) is 0 Å². The van der Waals surface area contributed by atoms with Crippen LogP contribution in [-0.4, -0.2) is 17.6 Å². The lowest BCUT2D eigenvalue weighted by Crippen LogP contribution is -2.41. The lowest BCUT2D eigenvalue weighted by molar-refractivity contribution is 0.375. The fourth-order valence-corrected chi connectivity index (χ4v) is 3.63. The van der Waals surface area contributed by atoms with E-state index in [1.165, 1.54) is 48.3 Å². The van der Waals surface area contributed by atoms with E-state index in [4.69, 9.17) is 10.7 Å². The largest absolute Gasteiger partial charge is 0.354 e. The topological polar surface area (TPSA) is 42.2 Å². The molecule has 2 N–H and O–H groups in total. The zero-order valence-electron chi connectivity index (χ0n) is 12.2. The van der Waals surface area contributed by atoms with Crippen molar-refractivity contribution in [3.63, 3.8) is 0 Å². The minimum absolute atomic E-state index is 0.584. The Labute approximate surface area is 116 Å². The molecule has 2 atom stereocenters. The molecule has 1 aromatic heterocycles. The smallest absolute Gasteiger partial charge is 0.133 e. The standard InChI is InChI=1S/C16H25N3/c1-11-6-7-19(12(2)8-11)16-14(10-17)9-13-4-3-5-15(13)18-16/h9,11-12H,3-8,10,17H2,1-2H3. The third kappa shape index (κ3) is 2.36. The van der Waals surface area contributed by atoms with Crippen LogP contribution in [0.1, 0.15) is 49.9 Å². The lowest BCUT2D eigenvalue weighted by atomic mass is 9.93. The lowest BCUT2D eigenvalue weighted by Gasteiger charge is -2.38. The zero-order valence-corrected chi connectivity index (χ0v) is 12.2. The van der Waals surface area contributed by atoms with E-state index in [2.05, 4.69) is 24.8 Å². The molecule has 1 aromatic rings. The van der Waals surface area contributed by atoms with Gasteiger partial charge in [0.25, 0.3) is 0 Å². The molecule has 0 amide bonds. The molecule has 0 radical (unpaired) electrons. The fraction of sp³-hybridized carbons (Fsp3) is 0.688. The highest BCUT2D eigenvalue weighted by Gasteiger charge is 2.27. The van der Waals surface area contributed by atoms with Gasteiger partial charge >= 0.3 is 0 Å². The molecule has 2 heterocycles. The second-order valence-electron chi connectivity index (χ2n) is 6.31. The Hall–Kier alpha value is -1.09. The number of piperidine rings is 1. The maximum Gasteiger partial charge on any atom is 0.133 e. The average Bonchev–Trinajstić information content (AvgIpc) is 2.84. The molecule has 104 valence electrons. The molecule has 1 saturated heterocycles. The van der Waals surface area contributed by atoms with Gasteiger partial charge in [0, 0.05) is 30.4 Å². The van der Waals surface area contributed by atoms with Gasteiger partial charge in [0.05, 0.1) is 0 Å². The van der Waals surface area contributed by atoms with Crippen LogP contribution in [0.15, 0.2) is 6.07 Å². The van der Waals surface area contributed by atoms with Gasteiger partial charge in [0.2, 0.25) is 0 Å². The Balaban J connectivity index is 1.95. The van der Waals surface area contributed by atoms with Gasteiger partial charge in [0.15, 0.2) is 0 Å². The number of hydrogen-bond donors (Lipinski definition) is 1. The van der Waals surface area contributed by atoms with Crippen LogP contribution in [0.4, 0.5) is 5.82 Å². The van der Waals surface area contributed by atoms with Crippen LogP contribution in [0.3, 0.4) is 0 Å². The number of rotatable bonds is 2. The number of pyridine rings is 1. The first kappa shape index (κ1) is 12.9. The molecule has 1 fully saturated rings. The van der Waals surface area contributed by atoms with Crippen molar-refractivity contribution in [3.05, 3.63) is 22.9 Å². The van der Waals surface area contributed by atoms with Gasteiger partial charge < -0.3 is 10.6 Å². The molecule has 2 aliphatic rings. The quantitative estimate of drug-likeness (QED) is 0.888. The summed E-state index contributed by atoms with van der Waals surface area (Å²) in [7, 11) is 0. The van der Waals surface area contributed by atoms with E-state index in [-0.39, 0.29) is 0 Å². The molecule has 1 aliphatic heterocycles. The number of aromatic nitrogens is 1. The van der Waals surface area contributed by atoms with Crippen molar-refractivity contribution < 1.29 is 0 Å². The van der Waals surface area contributed by atoms with Crippen LogP contribution in [-0.2, 0) is 19.4 Å². The molecule has 0 saturated carbocycles. The Morgan fingerprint density at radius 2 is 2.21 bits per heavy atom. The van der Waals surface area contributed by atoms with Crippen molar-refractivity contribution in [1.82, 2.24) is 4.98 Å². The predicted molar refractivity (Wildman–Crippen MR) is 79.4 cm³/mol. The van der Waals surface area contributed by atoms with E-state index in [0.29, 0.717) is 12.6 Å². The molecule has 3 rings (SSSR count). The number of aryl methyl sites for hydroxylation is 2. The summed E-state index contributed by atoms with van der Waals surface area (Å²) in [5.74, 6) is 2.00. The molecule has 19 heavy (non-hydrogen) atoms. The van der Waals surface area contributed by atoms with Crippen molar-refractivity contribution >= 4 is 5.82 Å². The number of fused-ring (bicyclic) bond motifs is 1. The van der Waals surface area contributed by atoms with Crippen molar-refractivity contribution in [2.75, 3.05) is 11.4 Å². The third-order valence-corrected chi connectivity index (χ3v) is 4.74. The second-order valence-corrected chi connectivity index (χ2v) is 6.31. The summed E-state index contributed by atoms with van der Waals surface area (Å²) in [6, 6.07) is 2.90. The first-order chi connectivity index (χ1) is 9.19. The number of nitrogens with zero attached hydrogens (tertiary/aromatic N) is 2. The number of anilines is 1. The highest BCUT2D eigenvalue weighted by molar-refractivity contribution is 5.52. The van der Waals surface area contributed by atoms with Gasteiger partial charge in [-0.2, -0.15) is 0 Å². The van der Waals surface area contributed by atoms with Crippen LogP contribution < -0.4 is 10.6 Å². The first-order valence-corrected chi connectivity index (χ1v) is 7.67. The van der Waals surface area contributed by atoms with Gasteiger partial charge in [-0.25, -0.2) is 4.98 Å². The highest BCUT2D eigenvalue weighted by atomic mass is 15.2. The summed E-state index contributed by atoms with van der Waals surface area (Å²) in [4.78, 5) is 7.46. The van der Waals surface area contributed by atoms with Crippen LogP contribution in [0.5, 0.6) is 0 Å². The first-order valence-electron chi connectivity index (χ1n) is 7.67. The van der Waals surface area contributed by atoms with E-state index < -0.39 is 0 Å². The Bertz CT molecular complexity index is 469. The van der Waals surface area contributed by atoms with Crippen LogP contribution in [0, 0.1) is 5.92 Å². The van der Waals surface area contributed by atoms with Gasteiger partial charge in [0.1, 0.15) is 5.82 Å². The third-order valence-electron chi connectivity index (χ3n) is 4.74. The normalized spacial score (nSPS) is 26.6. The minimum atomic E-state index is 0.584. The van der Waals surface area contributed by atoms with E-state index >= 15 is 0 Å². The summed E-state index contributed by atoms with van der Waals surface area (Å²) >= 11 is 0. The Morgan fingerprint density at radius 3 is 2.95 bits per heavy atom. The molecule has 3 heteroatoms. The fourth-order valence-electron chi connectivity index (χ4n) is 3.63. The van der Waals surface area contributed by atoms with Crippen molar-refractivity contribution in [2.45, 2.75) is 58.5 Å². The van der Waals surface area contributed by atoms with Gasteiger partial charge in [-0.3, -0.25) is 0 Å². The molecule has 3 nitrogen and oxygen atoms in total. The van der Waals surface area contributed by atoms with Crippen LogP contribution in [0.2, 0.25) is 0 Å². The van der Waals surface area contributed by atoms with Crippen molar-refractivity contribution in [1.29, 1.82) is 0 Å². The Morgan fingerprint density at radius 1 is 1.37 bits per heavy atom. The minimum Gasteiger partial charge on any atom is -0.354 e. The highest BCUT2D eigenvalue weighted by Crippen LogP contribution is 2.32. The molecule has 1 aliphatic carbocycles. The summed E-state index contributed by atoms with van der Waals surface area (Å²) in [6.07, 6.45) is 6.12. The van der Waals surface area contributed by atoms with Crippen LogP contribution in [0.25, 0.3) is 0 Å². The van der Waals surface area contributed by atoms with E-state index in [1.54, 1.807) is 0 Å². The van der Waals surface area contributed by atoms with Gasteiger partial charge in [-0.1, -0.05) is 6.92 Å². The van der Waals surface area contributed by atoms with Crippen molar-refractivity contribution in [2.24, 2.45) is 11.7 Å². The molecule has 0 bridgehead atoms. The summed E-state index contributed by atoms with van der Waals surface area (Å²) in [5.41, 5.74) is 9.95. The number of nitrogens with two attached hydrogens (primary N) is 1. The molecule has 0 aromatic carbocycles. The predicted octanol–water partition coefficient (Wildman–Crippen LogP) is 2.65. The molecule has 2 unspecified atom stereocenters. The Kier molecular flexibility index (Phi) is 3.48. The van der Waals surface area contributed by atoms with Crippen molar-refractivity contribution in [3.8, 4) is 0 Å². The second kappa shape index (κ2) is 5.12. The monoisotopic (exact) mass is 259 g/mol. The van der Waals surface area contributed by atoms with Gasteiger partial charge in [-0.05, 0) is 56.6 Å². The zero-order chi connectivity index (χ0) is 13.4. The average molecular weight is 259 g/mol. The van der Waals surface area contributed by atoms with Crippen LogP contribution >= 0.6 is 0 Å². The van der Waals surface area contributed by atoms with E-state index in [1.807, 2.05) is 0 Å². The number of hydrogen-bond acceptors (Lipinski definition) is 3. The van der Waals surface area contributed by atoms with E-state index in [0.717, 1.165) is 18.9 Å². The SMILES string of the molecule is CC1CCN(c2nc3c(cc2CN)CCC3)C(C)C1. The summed E-state index contributed by atoms with van der Waals surface area (Å²) < 4.78 is 0. The summed E-state index contributed by atoms with van der Waals surface area (Å²) in [6.45, 7) is 6.41. The summed E-state index contributed by atoms with van der Waals surface area (Å²) in [5, 5.41) is 0. The molecular weight excluding hydrogens is 234 g/mol.